The van der Waals surface area contributed by atoms with Gasteiger partial charge < -0.3 is 5.32 Å². The summed E-state index contributed by atoms with van der Waals surface area (Å²) in [5.41, 5.74) is 4.50. The van der Waals surface area contributed by atoms with Crippen LogP contribution in [0.3, 0.4) is 0 Å². The average molecular weight is 395 g/mol. The molecule has 0 amide bonds. The van der Waals surface area contributed by atoms with Crippen molar-refractivity contribution in [3.05, 3.63) is 57.8 Å². The van der Waals surface area contributed by atoms with Gasteiger partial charge in [-0.2, -0.15) is 0 Å². The van der Waals surface area contributed by atoms with Crippen molar-refractivity contribution in [1.82, 2.24) is 9.38 Å². The van der Waals surface area contributed by atoms with E-state index in [-0.39, 0.29) is 21.6 Å². The second kappa shape index (κ2) is 7.17. The number of nitrogens with one attached hydrogen (secondary N) is 1. The Morgan fingerprint density at radius 3 is 2.41 bits per heavy atom. The van der Waals surface area contributed by atoms with Gasteiger partial charge in [0, 0.05) is 28.9 Å². The van der Waals surface area contributed by atoms with Crippen molar-refractivity contribution in [2.75, 3.05) is 5.32 Å². The fourth-order valence-electron chi connectivity index (χ4n) is 4.30. The molecule has 0 fully saturated rings. The van der Waals surface area contributed by atoms with E-state index in [4.69, 9.17) is 4.98 Å². The second-order valence-corrected chi connectivity index (χ2v) is 9.73. The van der Waals surface area contributed by atoms with Crippen molar-refractivity contribution < 1.29 is 4.92 Å². The lowest BCUT2D eigenvalue weighted by molar-refractivity contribution is -0.384. The monoisotopic (exact) mass is 394 g/mol. The second-order valence-electron chi connectivity index (χ2n) is 9.73. The average Bonchev–Trinajstić information content (AvgIpc) is 2.90. The van der Waals surface area contributed by atoms with E-state index in [2.05, 4.69) is 57.3 Å². The van der Waals surface area contributed by atoms with Crippen molar-refractivity contribution in [3.63, 3.8) is 0 Å². The van der Waals surface area contributed by atoms with Crippen LogP contribution in [0.5, 0.6) is 0 Å². The molecule has 0 aliphatic heterocycles. The van der Waals surface area contributed by atoms with Crippen LogP contribution < -0.4 is 5.32 Å². The Balaban J connectivity index is 2.22. The van der Waals surface area contributed by atoms with Gasteiger partial charge in [0.25, 0.3) is 5.69 Å². The minimum absolute atomic E-state index is 0.0624. The maximum Gasteiger partial charge on any atom is 0.270 e. The normalized spacial score (nSPS) is 12.4. The molecule has 0 unspecified atom stereocenters. The molecule has 29 heavy (non-hydrogen) atoms. The molecule has 0 aliphatic carbocycles. The van der Waals surface area contributed by atoms with Gasteiger partial charge in [0.05, 0.1) is 4.92 Å². The number of nitrogens with zero attached hydrogens (tertiary/aromatic N) is 3. The van der Waals surface area contributed by atoms with Gasteiger partial charge in [-0.05, 0) is 57.2 Å². The molecule has 1 aromatic carbocycles. The number of aromatic nitrogens is 2. The van der Waals surface area contributed by atoms with Crippen LogP contribution in [0.15, 0.2) is 36.4 Å². The van der Waals surface area contributed by atoms with E-state index in [9.17, 15) is 10.1 Å². The molecule has 6 nitrogen and oxygen atoms in total. The third-order valence-corrected chi connectivity index (χ3v) is 4.81. The molecule has 3 rings (SSSR count). The maximum atomic E-state index is 11.3. The summed E-state index contributed by atoms with van der Waals surface area (Å²) in [6.07, 6.45) is 0.951. The van der Waals surface area contributed by atoms with E-state index in [0.717, 1.165) is 40.4 Å². The Morgan fingerprint density at radius 1 is 1.10 bits per heavy atom. The number of hydrogen-bond donors (Lipinski definition) is 1. The first kappa shape index (κ1) is 20.8. The number of fused-ring (bicyclic) bond motifs is 1. The smallest absolute Gasteiger partial charge is 0.270 e. The minimum Gasteiger partial charge on any atom is -0.364 e. The summed E-state index contributed by atoms with van der Waals surface area (Å²) in [7, 11) is 0. The highest BCUT2D eigenvalue weighted by molar-refractivity contribution is 5.78. The molecule has 2 aromatic heterocycles. The maximum absolute atomic E-state index is 11.3. The number of anilines is 1. The van der Waals surface area contributed by atoms with Crippen LogP contribution in [0.25, 0.3) is 16.9 Å². The molecule has 0 atom stereocenters. The predicted molar refractivity (Wildman–Crippen MR) is 119 cm³/mol. The van der Waals surface area contributed by atoms with Gasteiger partial charge >= 0.3 is 0 Å². The zero-order chi connectivity index (χ0) is 21.6. The van der Waals surface area contributed by atoms with Crippen LogP contribution in [0, 0.1) is 29.4 Å². The number of rotatable bonds is 5. The Kier molecular flexibility index (Phi) is 5.15. The van der Waals surface area contributed by atoms with Crippen molar-refractivity contribution in [3.8, 4) is 11.3 Å². The molecule has 154 valence electrons. The molecule has 0 bridgehead atoms. The first-order valence-electron chi connectivity index (χ1n) is 9.89. The minimum atomic E-state index is -0.370. The van der Waals surface area contributed by atoms with Gasteiger partial charge in [0.15, 0.2) is 0 Å². The molecule has 0 aliphatic rings. The summed E-state index contributed by atoms with van der Waals surface area (Å²) in [4.78, 5) is 15.8. The van der Waals surface area contributed by atoms with Gasteiger partial charge in [0.1, 0.15) is 17.2 Å². The molecule has 3 aromatic rings. The van der Waals surface area contributed by atoms with Crippen molar-refractivity contribution in [1.29, 1.82) is 0 Å². The van der Waals surface area contributed by atoms with Gasteiger partial charge in [0.2, 0.25) is 0 Å². The molecular weight excluding hydrogens is 364 g/mol. The first-order chi connectivity index (χ1) is 13.4. The SMILES string of the molecule is Cc1cc(C)n2c(NC(C)(C)CC(C)(C)C)c(-c3cccc([N+](=O)[O-])c3)nc2c1. The quantitative estimate of drug-likeness (QED) is 0.416. The highest BCUT2D eigenvalue weighted by Gasteiger charge is 2.28. The summed E-state index contributed by atoms with van der Waals surface area (Å²) in [5, 5.41) is 15.0. The number of nitro benzene ring substituents is 1. The molecule has 6 heteroatoms. The summed E-state index contributed by atoms with van der Waals surface area (Å²) >= 11 is 0. The molecule has 2 heterocycles. The van der Waals surface area contributed by atoms with Crippen molar-refractivity contribution >= 4 is 17.2 Å². The predicted octanol–water partition coefficient (Wildman–Crippen LogP) is 6.15. The fraction of sp³-hybridized carbons (Fsp3) is 0.435. The zero-order valence-corrected chi connectivity index (χ0v) is 18.3. The van der Waals surface area contributed by atoms with E-state index in [1.165, 1.54) is 6.07 Å². The van der Waals surface area contributed by atoms with Crippen LogP contribution in [0.1, 0.15) is 52.3 Å². The lowest BCUT2D eigenvalue weighted by Gasteiger charge is -2.34. The van der Waals surface area contributed by atoms with Crippen LogP contribution in [0.4, 0.5) is 11.5 Å². The Hall–Kier alpha value is -2.89. The van der Waals surface area contributed by atoms with Crippen LogP contribution >= 0.6 is 0 Å². The number of hydrogen-bond acceptors (Lipinski definition) is 4. The topological polar surface area (TPSA) is 72.5 Å². The molecule has 1 N–H and O–H groups in total. The number of non-ortho nitro benzene ring substituents is 1. The largest absolute Gasteiger partial charge is 0.364 e. The van der Waals surface area contributed by atoms with Gasteiger partial charge in [-0.15, -0.1) is 0 Å². The Labute approximate surface area is 172 Å². The van der Waals surface area contributed by atoms with Crippen molar-refractivity contribution in [2.45, 2.75) is 60.4 Å². The number of imidazole rings is 1. The number of nitro groups is 1. The highest BCUT2D eigenvalue weighted by Crippen LogP contribution is 2.36. The van der Waals surface area contributed by atoms with Gasteiger partial charge in [-0.1, -0.05) is 32.9 Å². The van der Waals surface area contributed by atoms with E-state index < -0.39 is 0 Å². The van der Waals surface area contributed by atoms with Crippen LogP contribution in [-0.2, 0) is 0 Å². The summed E-state index contributed by atoms with van der Waals surface area (Å²) in [5.74, 6) is 0.868. The van der Waals surface area contributed by atoms with E-state index in [1.54, 1.807) is 12.1 Å². The Morgan fingerprint density at radius 2 is 1.79 bits per heavy atom. The van der Waals surface area contributed by atoms with E-state index >= 15 is 0 Å². The summed E-state index contributed by atoms with van der Waals surface area (Å²) < 4.78 is 2.10. The summed E-state index contributed by atoms with van der Waals surface area (Å²) in [6.45, 7) is 15.1. The number of aryl methyl sites for hydroxylation is 2. The van der Waals surface area contributed by atoms with Gasteiger partial charge in [-0.3, -0.25) is 14.5 Å². The third-order valence-electron chi connectivity index (χ3n) is 4.81. The first-order valence-corrected chi connectivity index (χ1v) is 9.89. The van der Waals surface area contributed by atoms with Crippen LogP contribution in [0.2, 0.25) is 0 Å². The molecule has 0 saturated heterocycles. The number of benzene rings is 1. The standard InChI is InChI=1S/C23H30N4O2/c1-15-11-16(2)26-19(12-15)24-20(17-9-8-10-18(13-17)27(28)29)21(26)25-23(6,7)14-22(3,4)5/h8-13,25H,14H2,1-7H3. The summed E-state index contributed by atoms with van der Waals surface area (Å²) in [6, 6.07) is 10.8. The highest BCUT2D eigenvalue weighted by atomic mass is 16.6. The van der Waals surface area contributed by atoms with E-state index in [1.807, 2.05) is 19.1 Å². The third kappa shape index (κ3) is 4.58. The van der Waals surface area contributed by atoms with Crippen molar-refractivity contribution in [2.24, 2.45) is 5.41 Å². The Bertz CT molecular complexity index is 1070. The molecule has 0 saturated carbocycles. The molecule has 0 spiro atoms. The van der Waals surface area contributed by atoms with Crippen LogP contribution in [-0.4, -0.2) is 19.8 Å². The molecular formula is C23H30N4O2. The fourth-order valence-corrected chi connectivity index (χ4v) is 4.30. The molecule has 0 radical (unpaired) electrons. The van der Waals surface area contributed by atoms with Gasteiger partial charge in [-0.25, -0.2) is 4.98 Å². The number of pyridine rings is 1. The lowest BCUT2D eigenvalue weighted by atomic mass is 9.82. The lowest BCUT2D eigenvalue weighted by Crippen LogP contribution is -2.36. The van der Waals surface area contributed by atoms with E-state index in [0.29, 0.717) is 0 Å². The zero-order valence-electron chi connectivity index (χ0n) is 18.3.